The third-order valence-electron chi connectivity index (χ3n) is 3.87. The SMILES string of the molecule is CCc1ccccc1OCNC(=O)NCC1COc2ccccc2O1. The Morgan fingerprint density at radius 2 is 1.88 bits per heavy atom. The summed E-state index contributed by atoms with van der Waals surface area (Å²) in [6.07, 6.45) is 0.658. The van der Waals surface area contributed by atoms with Crippen molar-refractivity contribution in [3.63, 3.8) is 0 Å². The molecule has 0 bridgehead atoms. The molecule has 25 heavy (non-hydrogen) atoms. The number of amides is 2. The highest BCUT2D eigenvalue weighted by atomic mass is 16.6. The van der Waals surface area contributed by atoms with E-state index in [1.54, 1.807) is 0 Å². The minimum absolute atomic E-state index is 0.105. The van der Waals surface area contributed by atoms with Crippen LogP contribution < -0.4 is 24.8 Å². The zero-order valence-corrected chi connectivity index (χ0v) is 14.2. The van der Waals surface area contributed by atoms with Gasteiger partial charge in [0, 0.05) is 0 Å². The molecule has 1 aliphatic rings. The van der Waals surface area contributed by atoms with Gasteiger partial charge in [0.15, 0.2) is 24.3 Å². The van der Waals surface area contributed by atoms with Gasteiger partial charge in [-0.15, -0.1) is 0 Å². The predicted octanol–water partition coefficient (Wildman–Crippen LogP) is 2.72. The van der Waals surface area contributed by atoms with Gasteiger partial charge < -0.3 is 24.8 Å². The summed E-state index contributed by atoms with van der Waals surface area (Å²) in [5, 5.41) is 5.44. The van der Waals surface area contributed by atoms with Gasteiger partial charge in [-0.2, -0.15) is 0 Å². The van der Waals surface area contributed by atoms with Crippen molar-refractivity contribution in [1.29, 1.82) is 0 Å². The number of aryl methyl sites for hydroxylation is 1. The van der Waals surface area contributed by atoms with E-state index in [2.05, 4.69) is 17.6 Å². The van der Waals surface area contributed by atoms with Gasteiger partial charge in [-0.25, -0.2) is 4.79 Å². The summed E-state index contributed by atoms with van der Waals surface area (Å²) in [7, 11) is 0. The second-order valence-corrected chi connectivity index (χ2v) is 5.63. The molecule has 0 aromatic heterocycles. The average molecular weight is 342 g/mol. The van der Waals surface area contributed by atoms with Crippen LogP contribution in [0.5, 0.6) is 17.2 Å². The summed E-state index contributed by atoms with van der Waals surface area (Å²) in [5.74, 6) is 2.21. The molecule has 2 aromatic carbocycles. The van der Waals surface area contributed by atoms with Gasteiger partial charge >= 0.3 is 6.03 Å². The highest BCUT2D eigenvalue weighted by molar-refractivity contribution is 5.73. The van der Waals surface area contributed by atoms with Crippen LogP contribution in [0.25, 0.3) is 0 Å². The van der Waals surface area contributed by atoms with E-state index in [1.807, 2.05) is 48.5 Å². The molecule has 1 aliphatic heterocycles. The largest absolute Gasteiger partial charge is 0.486 e. The van der Waals surface area contributed by atoms with Crippen molar-refractivity contribution >= 4 is 6.03 Å². The van der Waals surface area contributed by atoms with E-state index in [0.717, 1.165) is 23.5 Å². The van der Waals surface area contributed by atoms with Crippen LogP contribution in [-0.2, 0) is 6.42 Å². The average Bonchev–Trinajstić information content (AvgIpc) is 2.66. The highest BCUT2D eigenvalue weighted by Crippen LogP contribution is 2.30. The number of urea groups is 1. The topological polar surface area (TPSA) is 68.8 Å². The first-order chi connectivity index (χ1) is 12.3. The molecule has 0 saturated heterocycles. The number of ether oxygens (including phenoxy) is 3. The molecule has 0 aliphatic carbocycles. The standard InChI is InChI=1S/C19H22N2O4/c1-2-14-7-3-4-8-16(14)24-13-21-19(22)20-11-15-12-23-17-9-5-6-10-18(17)25-15/h3-10,15H,2,11-13H2,1H3,(H2,20,21,22). The molecule has 6 heteroatoms. The maximum Gasteiger partial charge on any atom is 0.317 e. The van der Waals surface area contributed by atoms with Crippen LogP contribution in [-0.4, -0.2) is 32.0 Å². The van der Waals surface area contributed by atoms with Gasteiger partial charge in [-0.05, 0) is 30.2 Å². The van der Waals surface area contributed by atoms with Crippen molar-refractivity contribution in [3.8, 4) is 17.2 Å². The number of fused-ring (bicyclic) bond motifs is 1. The molecule has 6 nitrogen and oxygen atoms in total. The van der Waals surface area contributed by atoms with Crippen LogP contribution in [0.15, 0.2) is 48.5 Å². The fourth-order valence-electron chi connectivity index (χ4n) is 2.55. The summed E-state index contributed by atoms with van der Waals surface area (Å²) in [6, 6.07) is 15.0. The maximum absolute atomic E-state index is 11.9. The van der Waals surface area contributed by atoms with Gasteiger partial charge in [-0.1, -0.05) is 37.3 Å². The lowest BCUT2D eigenvalue weighted by Crippen LogP contribution is -2.45. The summed E-state index contributed by atoms with van der Waals surface area (Å²) in [5.41, 5.74) is 1.11. The van der Waals surface area contributed by atoms with Crippen molar-refractivity contribution in [3.05, 3.63) is 54.1 Å². The smallest absolute Gasteiger partial charge is 0.317 e. The van der Waals surface area contributed by atoms with Crippen molar-refractivity contribution in [2.75, 3.05) is 19.9 Å². The summed E-state index contributed by atoms with van der Waals surface area (Å²) in [6.45, 7) is 2.92. The molecular formula is C19H22N2O4. The normalized spacial score (nSPS) is 15.3. The second-order valence-electron chi connectivity index (χ2n) is 5.63. The summed E-state index contributed by atoms with van der Waals surface area (Å²) >= 11 is 0. The van der Waals surface area contributed by atoms with E-state index < -0.39 is 0 Å². The second kappa shape index (κ2) is 8.28. The quantitative estimate of drug-likeness (QED) is 0.792. The number of rotatable bonds is 6. The monoisotopic (exact) mass is 342 g/mol. The Bertz CT molecular complexity index is 720. The molecule has 0 spiro atoms. The Balaban J connectivity index is 1.39. The third kappa shape index (κ3) is 4.56. The molecule has 2 amide bonds. The Hall–Kier alpha value is -2.89. The first-order valence-electron chi connectivity index (χ1n) is 8.37. The van der Waals surface area contributed by atoms with Crippen molar-refractivity contribution in [1.82, 2.24) is 10.6 Å². The van der Waals surface area contributed by atoms with Gasteiger partial charge in [0.1, 0.15) is 12.4 Å². The van der Waals surface area contributed by atoms with Crippen molar-refractivity contribution in [2.45, 2.75) is 19.4 Å². The molecule has 3 rings (SSSR count). The minimum Gasteiger partial charge on any atom is -0.486 e. The third-order valence-corrected chi connectivity index (χ3v) is 3.87. The Labute approximate surface area is 147 Å². The van der Waals surface area contributed by atoms with E-state index in [4.69, 9.17) is 14.2 Å². The molecule has 2 aromatic rings. The molecule has 1 unspecified atom stereocenters. The Morgan fingerprint density at radius 1 is 1.12 bits per heavy atom. The van der Waals surface area contributed by atoms with Crippen molar-refractivity contribution in [2.24, 2.45) is 0 Å². The number of carbonyl (C=O) groups is 1. The van der Waals surface area contributed by atoms with Crippen LogP contribution in [0.4, 0.5) is 4.79 Å². The maximum atomic E-state index is 11.9. The van der Waals surface area contributed by atoms with Gasteiger partial charge in [0.25, 0.3) is 0 Å². The van der Waals surface area contributed by atoms with E-state index >= 15 is 0 Å². The molecule has 2 N–H and O–H groups in total. The number of para-hydroxylation sites is 3. The lowest BCUT2D eigenvalue weighted by molar-refractivity contribution is 0.0915. The molecule has 1 heterocycles. The van der Waals surface area contributed by atoms with Crippen LogP contribution in [0.3, 0.4) is 0 Å². The van der Waals surface area contributed by atoms with Gasteiger partial charge in [-0.3, -0.25) is 0 Å². The lowest BCUT2D eigenvalue weighted by Gasteiger charge is -2.26. The fraction of sp³-hybridized carbons (Fsp3) is 0.316. The molecule has 0 saturated carbocycles. The van der Waals surface area contributed by atoms with Gasteiger partial charge in [0.05, 0.1) is 6.54 Å². The first-order valence-corrected chi connectivity index (χ1v) is 8.37. The zero-order chi connectivity index (χ0) is 17.5. The van der Waals surface area contributed by atoms with Crippen LogP contribution in [0.2, 0.25) is 0 Å². The first kappa shape index (κ1) is 17.0. The molecule has 1 atom stereocenters. The van der Waals surface area contributed by atoms with E-state index in [0.29, 0.717) is 18.9 Å². The van der Waals surface area contributed by atoms with E-state index in [-0.39, 0.29) is 18.9 Å². The number of benzene rings is 2. The Kier molecular flexibility index (Phi) is 5.61. The molecule has 0 radical (unpaired) electrons. The number of hydrogen-bond donors (Lipinski definition) is 2. The van der Waals surface area contributed by atoms with Crippen LogP contribution >= 0.6 is 0 Å². The van der Waals surface area contributed by atoms with Gasteiger partial charge in [0.2, 0.25) is 0 Å². The number of hydrogen-bond acceptors (Lipinski definition) is 4. The zero-order valence-electron chi connectivity index (χ0n) is 14.2. The Morgan fingerprint density at radius 3 is 2.72 bits per heavy atom. The minimum atomic E-state index is -0.309. The number of carbonyl (C=O) groups excluding carboxylic acids is 1. The van der Waals surface area contributed by atoms with Crippen LogP contribution in [0.1, 0.15) is 12.5 Å². The van der Waals surface area contributed by atoms with E-state index in [9.17, 15) is 4.79 Å². The summed E-state index contributed by atoms with van der Waals surface area (Å²) in [4.78, 5) is 11.9. The van der Waals surface area contributed by atoms with E-state index in [1.165, 1.54) is 0 Å². The summed E-state index contributed by atoms with van der Waals surface area (Å²) < 4.78 is 17.0. The number of nitrogens with one attached hydrogen (secondary N) is 2. The van der Waals surface area contributed by atoms with Crippen molar-refractivity contribution < 1.29 is 19.0 Å². The fourth-order valence-corrected chi connectivity index (χ4v) is 2.55. The molecular weight excluding hydrogens is 320 g/mol. The predicted molar refractivity (Wildman–Crippen MR) is 94.2 cm³/mol. The molecule has 0 fully saturated rings. The molecule has 132 valence electrons. The van der Waals surface area contributed by atoms with Crippen LogP contribution in [0, 0.1) is 0 Å². The highest BCUT2D eigenvalue weighted by Gasteiger charge is 2.20. The lowest BCUT2D eigenvalue weighted by atomic mass is 10.1.